The van der Waals surface area contributed by atoms with Gasteiger partial charge in [-0.05, 0) is 42.2 Å². The van der Waals surface area contributed by atoms with Gasteiger partial charge < -0.3 is 4.42 Å². The second-order valence-corrected chi connectivity index (χ2v) is 6.54. The highest BCUT2D eigenvalue weighted by Crippen LogP contribution is 2.24. The third-order valence-corrected chi connectivity index (χ3v) is 4.73. The van der Waals surface area contributed by atoms with Crippen molar-refractivity contribution < 1.29 is 4.42 Å². The molecule has 0 radical (unpaired) electrons. The number of rotatable bonds is 5. The maximum absolute atomic E-state index is 9.12. The second kappa shape index (κ2) is 7.33. The van der Waals surface area contributed by atoms with Crippen molar-refractivity contribution in [1.82, 2.24) is 10.2 Å². The lowest BCUT2D eigenvalue weighted by Gasteiger charge is -2.02. The molecular formula is C19H17N3OS. The van der Waals surface area contributed by atoms with E-state index in [0.717, 1.165) is 11.1 Å². The van der Waals surface area contributed by atoms with E-state index in [1.165, 1.54) is 22.9 Å². The molecule has 0 saturated heterocycles. The van der Waals surface area contributed by atoms with Crippen molar-refractivity contribution >= 4 is 11.8 Å². The van der Waals surface area contributed by atoms with Crippen LogP contribution in [0.25, 0.3) is 0 Å². The van der Waals surface area contributed by atoms with E-state index in [2.05, 4.69) is 48.3 Å². The second-order valence-electron chi connectivity index (χ2n) is 5.61. The van der Waals surface area contributed by atoms with Crippen molar-refractivity contribution in [2.24, 2.45) is 0 Å². The van der Waals surface area contributed by atoms with E-state index in [4.69, 9.17) is 9.68 Å². The van der Waals surface area contributed by atoms with E-state index in [-0.39, 0.29) is 0 Å². The third-order valence-electron chi connectivity index (χ3n) is 3.86. The van der Waals surface area contributed by atoms with Gasteiger partial charge in [-0.2, -0.15) is 5.26 Å². The molecule has 0 aliphatic heterocycles. The average molecular weight is 335 g/mol. The van der Waals surface area contributed by atoms with Gasteiger partial charge in [0, 0.05) is 5.75 Å². The van der Waals surface area contributed by atoms with E-state index in [9.17, 15) is 0 Å². The average Bonchev–Trinajstić information content (AvgIpc) is 3.04. The van der Waals surface area contributed by atoms with E-state index in [0.29, 0.717) is 28.9 Å². The van der Waals surface area contributed by atoms with Gasteiger partial charge in [-0.25, -0.2) is 0 Å². The number of benzene rings is 2. The lowest BCUT2D eigenvalue weighted by atomic mass is 10.0. The van der Waals surface area contributed by atoms with E-state index >= 15 is 0 Å². The highest BCUT2D eigenvalue weighted by Gasteiger charge is 2.10. The molecule has 0 fully saturated rings. The molecule has 0 saturated carbocycles. The van der Waals surface area contributed by atoms with Crippen LogP contribution < -0.4 is 0 Å². The molecule has 0 atom stereocenters. The lowest BCUT2D eigenvalue weighted by Crippen LogP contribution is -1.90. The summed E-state index contributed by atoms with van der Waals surface area (Å²) in [5.41, 5.74) is 5.35. The molecule has 0 aliphatic carbocycles. The monoisotopic (exact) mass is 335 g/mol. The Morgan fingerprint density at radius 3 is 2.71 bits per heavy atom. The minimum absolute atomic E-state index is 0.529. The number of thioether (sulfide) groups is 1. The van der Waals surface area contributed by atoms with Crippen molar-refractivity contribution in [3.05, 3.63) is 76.2 Å². The Kier molecular flexibility index (Phi) is 4.97. The number of nitrogens with zero attached hydrogens (tertiary/aromatic N) is 3. The van der Waals surface area contributed by atoms with Gasteiger partial charge >= 0.3 is 0 Å². The molecule has 4 nitrogen and oxygen atoms in total. The molecule has 24 heavy (non-hydrogen) atoms. The predicted octanol–water partition coefficient (Wildman–Crippen LogP) is 4.44. The number of nitriles is 1. The smallest absolute Gasteiger partial charge is 0.276 e. The van der Waals surface area contributed by atoms with Crippen molar-refractivity contribution in [3.63, 3.8) is 0 Å². The molecule has 0 unspecified atom stereocenters. The standard InChI is InChI=1S/C19H17N3OS/c1-13-7-8-15(9-14(13)2)10-18-21-22-19(23-18)24-12-17-6-4-3-5-16(17)11-20/h3-9H,10,12H2,1-2H3. The number of hydrogen-bond donors (Lipinski definition) is 0. The van der Waals surface area contributed by atoms with Crippen molar-refractivity contribution in [3.8, 4) is 6.07 Å². The zero-order valence-corrected chi connectivity index (χ0v) is 14.4. The van der Waals surface area contributed by atoms with Crippen LogP contribution in [0.1, 0.15) is 33.7 Å². The van der Waals surface area contributed by atoms with Crippen molar-refractivity contribution in [1.29, 1.82) is 5.26 Å². The summed E-state index contributed by atoms with van der Waals surface area (Å²) in [4.78, 5) is 0. The van der Waals surface area contributed by atoms with Crippen molar-refractivity contribution in [2.45, 2.75) is 31.2 Å². The molecule has 0 amide bonds. The summed E-state index contributed by atoms with van der Waals surface area (Å²) in [5.74, 6) is 1.24. The highest BCUT2D eigenvalue weighted by molar-refractivity contribution is 7.98. The molecule has 120 valence electrons. The van der Waals surface area contributed by atoms with Crippen molar-refractivity contribution in [2.75, 3.05) is 0 Å². The third kappa shape index (κ3) is 3.84. The van der Waals surface area contributed by atoms with Gasteiger partial charge in [-0.15, -0.1) is 10.2 Å². The Hall–Kier alpha value is -2.58. The molecule has 2 aromatic carbocycles. The Balaban J connectivity index is 1.65. The summed E-state index contributed by atoms with van der Waals surface area (Å²) in [6, 6.07) is 16.1. The molecular weight excluding hydrogens is 318 g/mol. The van der Waals surface area contributed by atoms with Gasteiger partial charge in [-0.3, -0.25) is 0 Å². The first-order valence-electron chi connectivity index (χ1n) is 7.65. The van der Waals surface area contributed by atoms with Crippen LogP contribution in [-0.4, -0.2) is 10.2 Å². The van der Waals surface area contributed by atoms with Crippen LogP contribution in [0.5, 0.6) is 0 Å². The molecule has 5 heteroatoms. The summed E-state index contributed by atoms with van der Waals surface area (Å²) < 4.78 is 5.71. The van der Waals surface area contributed by atoms with Crippen LogP contribution in [0.2, 0.25) is 0 Å². The van der Waals surface area contributed by atoms with Crippen LogP contribution >= 0.6 is 11.8 Å². The van der Waals surface area contributed by atoms with Crippen LogP contribution in [0, 0.1) is 25.2 Å². The minimum Gasteiger partial charge on any atom is -0.416 e. The van der Waals surface area contributed by atoms with E-state index in [1.807, 2.05) is 24.3 Å². The predicted molar refractivity (Wildman–Crippen MR) is 93.7 cm³/mol. The first kappa shape index (κ1) is 16.3. The molecule has 0 bridgehead atoms. The fourth-order valence-corrected chi connectivity index (χ4v) is 3.14. The van der Waals surface area contributed by atoms with Crippen LogP contribution in [-0.2, 0) is 12.2 Å². The zero-order chi connectivity index (χ0) is 16.9. The molecule has 1 aromatic heterocycles. The summed E-state index contributed by atoms with van der Waals surface area (Å²) in [6.07, 6.45) is 0.628. The number of hydrogen-bond acceptors (Lipinski definition) is 5. The molecule has 3 aromatic rings. The zero-order valence-electron chi connectivity index (χ0n) is 13.6. The fraction of sp³-hybridized carbons (Fsp3) is 0.211. The fourth-order valence-electron chi connectivity index (χ4n) is 2.35. The first-order valence-corrected chi connectivity index (χ1v) is 8.63. The molecule has 0 N–H and O–H groups in total. The Morgan fingerprint density at radius 2 is 1.92 bits per heavy atom. The van der Waals surface area contributed by atoms with Crippen LogP contribution in [0.15, 0.2) is 52.1 Å². The summed E-state index contributed by atoms with van der Waals surface area (Å²) >= 11 is 1.45. The molecule has 3 rings (SSSR count). The minimum atomic E-state index is 0.529. The van der Waals surface area contributed by atoms with Gasteiger partial charge in [-0.1, -0.05) is 48.2 Å². The van der Waals surface area contributed by atoms with Gasteiger partial charge in [0.05, 0.1) is 18.1 Å². The molecule has 1 heterocycles. The van der Waals surface area contributed by atoms with Gasteiger partial charge in [0.1, 0.15) is 0 Å². The van der Waals surface area contributed by atoms with Crippen LogP contribution in [0.3, 0.4) is 0 Å². The number of aromatic nitrogens is 2. The normalized spacial score (nSPS) is 10.5. The SMILES string of the molecule is Cc1ccc(Cc2nnc(SCc3ccccc3C#N)o2)cc1C. The maximum Gasteiger partial charge on any atom is 0.276 e. The Bertz CT molecular complexity index is 896. The molecule has 0 spiro atoms. The van der Waals surface area contributed by atoms with Gasteiger partial charge in [0.25, 0.3) is 5.22 Å². The Labute approximate surface area is 145 Å². The van der Waals surface area contributed by atoms with E-state index < -0.39 is 0 Å². The quantitative estimate of drug-likeness (QED) is 0.645. The number of aryl methyl sites for hydroxylation is 2. The summed E-state index contributed by atoms with van der Waals surface area (Å²) in [6.45, 7) is 4.19. The largest absolute Gasteiger partial charge is 0.416 e. The lowest BCUT2D eigenvalue weighted by molar-refractivity contribution is 0.420. The van der Waals surface area contributed by atoms with Gasteiger partial charge in [0.2, 0.25) is 5.89 Å². The highest BCUT2D eigenvalue weighted by atomic mass is 32.2. The summed E-state index contributed by atoms with van der Waals surface area (Å²) in [5, 5.41) is 17.8. The topological polar surface area (TPSA) is 62.7 Å². The van der Waals surface area contributed by atoms with Crippen LogP contribution in [0.4, 0.5) is 0 Å². The Morgan fingerprint density at radius 1 is 1.08 bits per heavy atom. The summed E-state index contributed by atoms with van der Waals surface area (Å²) in [7, 11) is 0. The molecule has 0 aliphatic rings. The maximum atomic E-state index is 9.12. The first-order chi connectivity index (χ1) is 11.7. The van der Waals surface area contributed by atoms with E-state index in [1.54, 1.807) is 0 Å². The van der Waals surface area contributed by atoms with Gasteiger partial charge in [0.15, 0.2) is 0 Å².